The van der Waals surface area contributed by atoms with Crippen LogP contribution in [0.5, 0.6) is 0 Å². The summed E-state index contributed by atoms with van der Waals surface area (Å²) >= 11 is 3.33. The van der Waals surface area contributed by atoms with Crippen LogP contribution in [-0.4, -0.2) is 49.5 Å². The van der Waals surface area contributed by atoms with Gasteiger partial charge in [-0.1, -0.05) is 45.8 Å². The Morgan fingerprint density at radius 2 is 1.58 bits per heavy atom. The normalized spacial score (nSPS) is 12.7. The monoisotopic (exact) mass is 537 g/mol. The van der Waals surface area contributed by atoms with Crippen LogP contribution in [0.1, 0.15) is 38.8 Å². The molecule has 0 spiro atoms. The number of amides is 2. The van der Waals surface area contributed by atoms with E-state index in [0.717, 1.165) is 26.2 Å². The molecule has 2 amide bonds. The minimum absolute atomic E-state index is 0.176. The highest BCUT2D eigenvalue weighted by atomic mass is 79.9. The number of sulfonamides is 1. The second-order valence-electron chi connectivity index (χ2n) is 9.17. The highest BCUT2D eigenvalue weighted by Crippen LogP contribution is 2.22. The molecule has 7 nitrogen and oxygen atoms in total. The second-order valence-corrected chi connectivity index (χ2v) is 12.0. The molecule has 0 aromatic heterocycles. The minimum Gasteiger partial charge on any atom is -0.350 e. The zero-order valence-electron chi connectivity index (χ0n) is 19.9. The van der Waals surface area contributed by atoms with E-state index in [-0.39, 0.29) is 12.5 Å². The zero-order valence-corrected chi connectivity index (χ0v) is 22.3. The Bertz CT molecular complexity index is 1080. The predicted molar refractivity (Wildman–Crippen MR) is 135 cm³/mol. The van der Waals surface area contributed by atoms with Crippen LogP contribution in [0.25, 0.3) is 0 Å². The van der Waals surface area contributed by atoms with E-state index in [0.29, 0.717) is 5.69 Å². The SMILES string of the molecule is Cc1ccc(CN(C(=O)CN(c2ccc(Br)cc2)S(C)(=O)=O)[C@@H](C)C(=O)NC(C)(C)C)cc1. The van der Waals surface area contributed by atoms with Crippen molar-refractivity contribution < 1.29 is 18.0 Å². The number of rotatable bonds is 8. The van der Waals surface area contributed by atoms with Crippen molar-refractivity contribution in [3.63, 3.8) is 0 Å². The Labute approximate surface area is 205 Å². The number of hydrogen-bond donors (Lipinski definition) is 1. The molecule has 2 aromatic rings. The van der Waals surface area contributed by atoms with Crippen LogP contribution in [0, 0.1) is 6.92 Å². The number of aryl methyl sites for hydroxylation is 1. The predicted octanol–water partition coefficient (Wildman–Crippen LogP) is 3.86. The highest BCUT2D eigenvalue weighted by molar-refractivity contribution is 9.10. The van der Waals surface area contributed by atoms with Crippen LogP contribution < -0.4 is 9.62 Å². The third kappa shape index (κ3) is 8.16. The number of anilines is 1. The lowest BCUT2D eigenvalue weighted by Crippen LogP contribution is -2.54. The fraction of sp³-hybridized carbons (Fsp3) is 0.417. The van der Waals surface area contributed by atoms with Crippen molar-refractivity contribution in [2.75, 3.05) is 17.1 Å². The van der Waals surface area contributed by atoms with Gasteiger partial charge in [-0.25, -0.2) is 8.42 Å². The first kappa shape index (κ1) is 26.9. The number of halogens is 1. The quantitative estimate of drug-likeness (QED) is 0.553. The molecule has 180 valence electrons. The molecule has 1 N–H and O–H groups in total. The first-order chi connectivity index (χ1) is 15.2. The molecule has 0 heterocycles. The van der Waals surface area contributed by atoms with Gasteiger partial charge in [-0.3, -0.25) is 13.9 Å². The second kappa shape index (κ2) is 10.7. The first-order valence-corrected chi connectivity index (χ1v) is 13.2. The third-order valence-electron chi connectivity index (χ3n) is 4.93. The van der Waals surface area contributed by atoms with Gasteiger partial charge in [0, 0.05) is 16.6 Å². The van der Waals surface area contributed by atoms with E-state index in [9.17, 15) is 18.0 Å². The Morgan fingerprint density at radius 3 is 2.06 bits per heavy atom. The third-order valence-corrected chi connectivity index (χ3v) is 6.60. The summed E-state index contributed by atoms with van der Waals surface area (Å²) < 4.78 is 26.9. The van der Waals surface area contributed by atoms with Crippen molar-refractivity contribution in [2.45, 2.75) is 52.7 Å². The molecule has 33 heavy (non-hydrogen) atoms. The smallest absolute Gasteiger partial charge is 0.244 e. The maximum atomic E-state index is 13.5. The van der Waals surface area contributed by atoms with E-state index >= 15 is 0 Å². The summed E-state index contributed by atoms with van der Waals surface area (Å²) in [7, 11) is -3.74. The van der Waals surface area contributed by atoms with Gasteiger partial charge in [-0.05, 0) is 64.4 Å². The highest BCUT2D eigenvalue weighted by Gasteiger charge is 2.31. The molecule has 2 rings (SSSR count). The number of hydrogen-bond acceptors (Lipinski definition) is 4. The van der Waals surface area contributed by atoms with Crippen LogP contribution in [0.2, 0.25) is 0 Å². The van der Waals surface area contributed by atoms with Gasteiger partial charge < -0.3 is 10.2 Å². The molecule has 2 aromatic carbocycles. The maximum absolute atomic E-state index is 13.5. The number of carbonyl (C=O) groups is 2. The number of carbonyl (C=O) groups excluding carboxylic acids is 2. The summed E-state index contributed by atoms with van der Waals surface area (Å²) in [6, 6.07) is 13.5. The van der Waals surface area contributed by atoms with Gasteiger partial charge in [0.05, 0.1) is 11.9 Å². The van der Waals surface area contributed by atoms with Crippen LogP contribution in [0.15, 0.2) is 53.0 Å². The van der Waals surface area contributed by atoms with Gasteiger partial charge in [-0.15, -0.1) is 0 Å². The van der Waals surface area contributed by atoms with Gasteiger partial charge in [0.25, 0.3) is 0 Å². The van der Waals surface area contributed by atoms with E-state index in [1.807, 2.05) is 52.0 Å². The Hall–Kier alpha value is -2.39. The lowest BCUT2D eigenvalue weighted by Gasteiger charge is -2.33. The van der Waals surface area contributed by atoms with Crippen molar-refractivity contribution in [3.05, 3.63) is 64.1 Å². The summed E-state index contributed by atoms with van der Waals surface area (Å²) in [4.78, 5) is 27.8. The molecule has 9 heteroatoms. The average molecular weight is 539 g/mol. The summed E-state index contributed by atoms with van der Waals surface area (Å²) in [5.74, 6) is -0.780. The minimum atomic E-state index is -3.74. The van der Waals surface area contributed by atoms with Crippen molar-refractivity contribution in [2.24, 2.45) is 0 Å². The molecule has 0 aliphatic heterocycles. The number of nitrogens with zero attached hydrogens (tertiary/aromatic N) is 2. The molecule has 0 radical (unpaired) electrons. The molecular formula is C24H32BrN3O4S. The molecule has 0 bridgehead atoms. The van der Waals surface area contributed by atoms with Crippen molar-refractivity contribution in [1.29, 1.82) is 0 Å². The van der Waals surface area contributed by atoms with Crippen molar-refractivity contribution >= 4 is 43.5 Å². The fourth-order valence-electron chi connectivity index (χ4n) is 3.17. The van der Waals surface area contributed by atoms with Crippen molar-refractivity contribution in [3.8, 4) is 0 Å². The van der Waals surface area contributed by atoms with E-state index in [4.69, 9.17) is 0 Å². The number of benzene rings is 2. The molecule has 0 aliphatic rings. The molecule has 0 saturated heterocycles. The lowest BCUT2D eigenvalue weighted by molar-refractivity contribution is -0.140. The standard InChI is InChI=1S/C24H32BrN3O4S/c1-17-7-9-19(10-8-17)15-27(18(2)23(30)26-24(3,4)5)22(29)16-28(33(6,31)32)21-13-11-20(25)12-14-21/h7-14,18H,15-16H2,1-6H3,(H,26,30)/t18-/m0/s1. The van der Waals surface area contributed by atoms with E-state index in [2.05, 4.69) is 21.2 Å². The summed E-state index contributed by atoms with van der Waals surface area (Å²) in [6.45, 7) is 8.97. The summed E-state index contributed by atoms with van der Waals surface area (Å²) in [6.07, 6.45) is 1.06. The topological polar surface area (TPSA) is 86.8 Å². The Morgan fingerprint density at radius 1 is 1.03 bits per heavy atom. The van der Waals surface area contributed by atoms with E-state index < -0.39 is 34.1 Å². The van der Waals surface area contributed by atoms with Crippen LogP contribution >= 0.6 is 15.9 Å². The molecule has 0 aliphatic carbocycles. The van der Waals surface area contributed by atoms with E-state index in [1.54, 1.807) is 31.2 Å². The Balaban J connectivity index is 2.38. The maximum Gasteiger partial charge on any atom is 0.244 e. The van der Waals surface area contributed by atoms with Crippen LogP contribution in [0.4, 0.5) is 5.69 Å². The lowest BCUT2D eigenvalue weighted by atomic mass is 10.1. The van der Waals surface area contributed by atoms with Crippen LogP contribution in [0.3, 0.4) is 0 Å². The van der Waals surface area contributed by atoms with Crippen LogP contribution in [-0.2, 0) is 26.2 Å². The zero-order chi connectivity index (χ0) is 25.0. The number of nitrogens with one attached hydrogen (secondary N) is 1. The first-order valence-electron chi connectivity index (χ1n) is 10.6. The van der Waals surface area contributed by atoms with Gasteiger partial charge >= 0.3 is 0 Å². The van der Waals surface area contributed by atoms with Gasteiger partial charge in [-0.2, -0.15) is 0 Å². The average Bonchev–Trinajstić information content (AvgIpc) is 2.69. The van der Waals surface area contributed by atoms with E-state index in [1.165, 1.54) is 4.90 Å². The van der Waals surface area contributed by atoms with Crippen molar-refractivity contribution in [1.82, 2.24) is 10.2 Å². The molecular weight excluding hydrogens is 506 g/mol. The fourth-order valence-corrected chi connectivity index (χ4v) is 4.28. The molecule has 1 atom stereocenters. The van der Waals surface area contributed by atoms with Gasteiger partial charge in [0.1, 0.15) is 12.6 Å². The molecule has 0 saturated carbocycles. The van der Waals surface area contributed by atoms with Gasteiger partial charge in [0.2, 0.25) is 21.8 Å². The Kier molecular flexibility index (Phi) is 8.70. The summed E-state index contributed by atoms with van der Waals surface area (Å²) in [5.41, 5.74) is 1.82. The molecule has 0 fully saturated rings. The molecule has 0 unspecified atom stereocenters. The largest absolute Gasteiger partial charge is 0.350 e. The summed E-state index contributed by atoms with van der Waals surface area (Å²) in [5, 5.41) is 2.90. The van der Waals surface area contributed by atoms with Gasteiger partial charge in [0.15, 0.2) is 0 Å².